The Hall–Kier alpha value is -3.42. The molecule has 8 nitrogen and oxygen atoms in total. The number of hydrogen-bond donors (Lipinski definition) is 2. The first-order valence-corrected chi connectivity index (χ1v) is 10.6. The van der Waals surface area contributed by atoms with Crippen molar-refractivity contribution in [3.05, 3.63) is 42.0 Å². The maximum atomic E-state index is 12.7. The molecule has 0 aromatic heterocycles. The number of carbonyl (C=O) groups excluding carboxylic acids is 2. The van der Waals surface area contributed by atoms with Crippen LogP contribution < -0.4 is 24.8 Å². The minimum atomic E-state index is -0.295. The van der Waals surface area contributed by atoms with E-state index < -0.39 is 0 Å². The van der Waals surface area contributed by atoms with Crippen molar-refractivity contribution in [3.63, 3.8) is 0 Å². The van der Waals surface area contributed by atoms with Gasteiger partial charge in [-0.25, -0.2) is 4.79 Å². The normalized spacial score (nSPS) is 15.6. The van der Waals surface area contributed by atoms with Crippen LogP contribution in [0.4, 0.5) is 16.2 Å². The lowest BCUT2D eigenvalue weighted by Crippen LogP contribution is -2.35. The van der Waals surface area contributed by atoms with Gasteiger partial charge in [0.15, 0.2) is 11.5 Å². The summed E-state index contributed by atoms with van der Waals surface area (Å²) in [6, 6.07) is 10.2. The van der Waals surface area contributed by atoms with Gasteiger partial charge in [0.25, 0.3) is 5.91 Å². The summed E-state index contributed by atoms with van der Waals surface area (Å²) in [5, 5.41) is 5.78. The summed E-state index contributed by atoms with van der Waals surface area (Å²) in [6.45, 7) is 2.44. The van der Waals surface area contributed by atoms with Crippen molar-refractivity contribution in [1.82, 2.24) is 4.90 Å². The van der Waals surface area contributed by atoms with E-state index in [4.69, 9.17) is 14.2 Å². The van der Waals surface area contributed by atoms with Gasteiger partial charge >= 0.3 is 6.03 Å². The molecule has 0 atom stereocenters. The molecular formula is C23H27N3O5. The van der Waals surface area contributed by atoms with Crippen molar-refractivity contribution in [1.29, 1.82) is 0 Å². The zero-order chi connectivity index (χ0) is 21.6. The first-order valence-electron chi connectivity index (χ1n) is 10.6. The monoisotopic (exact) mass is 425 g/mol. The molecule has 31 heavy (non-hydrogen) atoms. The Balaban J connectivity index is 1.39. The molecule has 2 aliphatic heterocycles. The second kappa shape index (κ2) is 9.59. The summed E-state index contributed by atoms with van der Waals surface area (Å²) in [4.78, 5) is 27.0. The molecule has 2 aromatic rings. The first-order chi connectivity index (χ1) is 15.1. The van der Waals surface area contributed by atoms with Crippen molar-refractivity contribution in [2.24, 2.45) is 0 Å². The topological polar surface area (TPSA) is 89.1 Å². The zero-order valence-corrected chi connectivity index (χ0v) is 17.6. The van der Waals surface area contributed by atoms with Crippen molar-refractivity contribution in [2.75, 3.05) is 44.0 Å². The van der Waals surface area contributed by atoms with Gasteiger partial charge in [0.05, 0.1) is 7.11 Å². The van der Waals surface area contributed by atoms with Gasteiger partial charge in [-0.05, 0) is 49.2 Å². The third-order valence-electron chi connectivity index (χ3n) is 5.38. The molecule has 1 saturated heterocycles. The van der Waals surface area contributed by atoms with E-state index >= 15 is 0 Å². The van der Waals surface area contributed by atoms with E-state index in [-0.39, 0.29) is 11.9 Å². The standard InChI is InChI=1S/C23H27N3O5/c1-29-19-14-16(15-20-21(19)31-13-12-30-20)22(27)24-17-6-8-18(9-7-17)25-23(28)26-10-4-2-3-5-11-26/h6-9,14-15H,2-5,10-13H2,1H3,(H,24,27)(H,25,28). The SMILES string of the molecule is COc1cc(C(=O)Nc2ccc(NC(=O)N3CCCCCC3)cc2)cc2c1OCCO2. The van der Waals surface area contributed by atoms with Crippen LogP contribution in [0.25, 0.3) is 0 Å². The van der Waals surface area contributed by atoms with Gasteiger partial charge in [-0.3, -0.25) is 4.79 Å². The average molecular weight is 425 g/mol. The third kappa shape index (κ3) is 5.02. The maximum absolute atomic E-state index is 12.7. The Labute approximate surface area is 181 Å². The van der Waals surface area contributed by atoms with Gasteiger partial charge in [-0.15, -0.1) is 0 Å². The number of amides is 3. The molecule has 1 fully saturated rings. The van der Waals surface area contributed by atoms with Crippen molar-refractivity contribution in [2.45, 2.75) is 25.7 Å². The number of fused-ring (bicyclic) bond motifs is 1. The molecule has 4 rings (SSSR count). The number of anilines is 2. The molecular weight excluding hydrogens is 398 g/mol. The van der Waals surface area contributed by atoms with Crippen LogP contribution in [-0.4, -0.2) is 50.3 Å². The predicted octanol–water partition coefficient (Wildman–Crippen LogP) is 4.13. The lowest BCUT2D eigenvalue weighted by Gasteiger charge is -2.21. The summed E-state index contributed by atoms with van der Waals surface area (Å²) >= 11 is 0. The van der Waals surface area contributed by atoms with Crippen LogP contribution in [0.2, 0.25) is 0 Å². The molecule has 164 valence electrons. The van der Waals surface area contributed by atoms with Crippen molar-refractivity contribution in [3.8, 4) is 17.2 Å². The molecule has 2 N–H and O–H groups in total. The van der Waals surface area contributed by atoms with Gasteiger partial charge in [-0.1, -0.05) is 12.8 Å². The van der Waals surface area contributed by atoms with Gasteiger partial charge < -0.3 is 29.7 Å². The number of nitrogens with zero attached hydrogens (tertiary/aromatic N) is 1. The van der Waals surface area contributed by atoms with Gasteiger partial charge in [0.1, 0.15) is 13.2 Å². The highest BCUT2D eigenvalue weighted by atomic mass is 16.6. The number of urea groups is 1. The van der Waals surface area contributed by atoms with Crippen LogP contribution in [0.1, 0.15) is 36.0 Å². The fourth-order valence-electron chi connectivity index (χ4n) is 3.72. The molecule has 0 radical (unpaired) electrons. The Morgan fingerprint density at radius 2 is 1.55 bits per heavy atom. The van der Waals surface area contributed by atoms with Crippen LogP contribution >= 0.6 is 0 Å². The molecule has 8 heteroatoms. The van der Waals surface area contributed by atoms with Crippen LogP contribution in [0.3, 0.4) is 0 Å². The van der Waals surface area contributed by atoms with E-state index in [2.05, 4.69) is 10.6 Å². The van der Waals surface area contributed by atoms with E-state index in [9.17, 15) is 9.59 Å². The quantitative estimate of drug-likeness (QED) is 0.769. The number of carbonyl (C=O) groups is 2. The van der Waals surface area contributed by atoms with E-state index in [1.807, 2.05) is 4.90 Å². The van der Waals surface area contributed by atoms with E-state index in [0.717, 1.165) is 25.9 Å². The Bertz CT molecular complexity index is 920. The largest absolute Gasteiger partial charge is 0.493 e. The number of likely N-dealkylation sites (tertiary alicyclic amines) is 1. The fraction of sp³-hybridized carbons (Fsp3) is 0.391. The molecule has 0 aliphatic carbocycles. The molecule has 0 spiro atoms. The van der Waals surface area contributed by atoms with E-state index in [1.54, 1.807) is 36.4 Å². The second-order valence-electron chi connectivity index (χ2n) is 7.57. The Morgan fingerprint density at radius 1 is 0.903 bits per heavy atom. The minimum absolute atomic E-state index is 0.0814. The lowest BCUT2D eigenvalue weighted by atomic mass is 10.1. The molecule has 0 bridgehead atoms. The molecule has 0 saturated carbocycles. The fourth-order valence-corrected chi connectivity index (χ4v) is 3.72. The van der Waals surface area contributed by atoms with Crippen molar-refractivity contribution < 1.29 is 23.8 Å². The van der Waals surface area contributed by atoms with Crippen LogP contribution in [0.15, 0.2) is 36.4 Å². The summed E-state index contributed by atoms with van der Waals surface area (Å²) in [5.74, 6) is 1.16. The number of methoxy groups -OCH3 is 1. The summed E-state index contributed by atoms with van der Waals surface area (Å²) in [5.41, 5.74) is 1.71. The van der Waals surface area contributed by atoms with Crippen LogP contribution in [0, 0.1) is 0 Å². The summed E-state index contributed by atoms with van der Waals surface area (Å²) in [7, 11) is 1.52. The maximum Gasteiger partial charge on any atom is 0.321 e. The highest BCUT2D eigenvalue weighted by Crippen LogP contribution is 2.40. The highest BCUT2D eigenvalue weighted by molar-refractivity contribution is 6.05. The predicted molar refractivity (Wildman–Crippen MR) is 117 cm³/mol. The minimum Gasteiger partial charge on any atom is -0.493 e. The molecule has 3 amide bonds. The second-order valence-corrected chi connectivity index (χ2v) is 7.57. The summed E-state index contributed by atoms with van der Waals surface area (Å²) in [6.07, 6.45) is 4.44. The van der Waals surface area contributed by atoms with Crippen LogP contribution in [0.5, 0.6) is 17.2 Å². The summed E-state index contributed by atoms with van der Waals surface area (Å²) < 4.78 is 16.5. The lowest BCUT2D eigenvalue weighted by molar-refractivity contribution is 0.102. The zero-order valence-electron chi connectivity index (χ0n) is 17.6. The van der Waals surface area contributed by atoms with E-state index in [1.165, 1.54) is 20.0 Å². The number of hydrogen-bond acceptors (Lipinski definition) is 5. The Morgan fingerprint density at radius 3 is 2.23 bits per heavy atom. The molecule has 2 aliphatic rings. The van der Waals surface area contributed by atoms with Crippen LogP contribution in [-0.2, 0) is 0 Å². The van der Waals surface area contributed by atoms with Gasteiger partial charge in [0.2, 0.25) is 5.75 Å². The van der Waals surface area contributed by atoms with E-state index in [0.29, 0.717) is 47.4 Å². The molecule has 2 aromatic carbocycles. The number of benzene rings is 2. The first kappa shape index (κ1) is 20.8. The Kier molecular flexibility index (Phi) is 6.45. The smallest absolute Gasteiger partial charge is 0.321 e. The number of ether oxygens (including phenoxy) is 3. The van der Waals surface area contributed by atoms with Gasteiger partial charge in [0, 0.05) is 30.0 Å². The number of nitrogens with one attached hydrogen (secondary N) is 2. The number of rotatable bonds is 4. The molecule has 0 unspecified atom stereocenters. The van der Waals surface area contributed by atoms with Gasteiger partial charge in [-0.2, -0.15) is 0 Å². The molecule has 2 heterocycles. The highest BCUT2D eigenvalue weighted by Gasteiger charge is 2.21. The average Bonchev–Trinajstić information content (AvgIpc) is 3.09. The van der Waals surface area contributed by atoms with Crippen molar-refractivity contribution >= 4 is 23.3 Å². The third-order valence-corrected chi connectivity index (χ3v) is 5.38.